The van der Waals surface area contributed by atoms with E-state index in [1.54, 1.807) is 0 Å². The molecule has 0 fully saturated rings. The van der Waals surface area contributed by atoms with Gasteiger partial charge in [0.2, 0.25) is 0 Å². The van der Waals surface area contributed by atoms with Gasteiger partial charge in [0.1, 0.15) is 0 Å². The summed E-state index contributed by atoms with van der Waals surface area (Å²) in [4.78, 5) is 0. The third kappa shape index (κ3) is 24.6. The van der Waals surface area contributed by atoms with Gasteiger partial charge in [-0.3, -0.25) is 0 Å². The molecule has 0 rings (SSSR count). The van der Waals surface area contributed by atoms with Crippen molar-refractivity contribution in [3.63, 3.8) is 0 Å². The SMILES string of the molecule is [H-].[Li+].[Mn].[Ni].[O]=[Fe]. The van der Waals surface area contributed by atoms with Crippen LogP contribution in [0.25, 0.3) is 0 Å². The average molecular weight is 193 g/mol. The summed E-state index contributed by atoms with van der Waals surface area (Å²) in [5.41, 5.74) is 0. The molecule has 0 spiro atoms. The second-order valence-corrected chi connectivity index (χ2v) is 0. The second-order valence-electron chi connectivity index (χ2n) is 0. The zero-order valence-corrected chi connectivity index (χ0v) is 5.73. The maximum absolute atomic E-state index is 8.00. The fourth-order valence-corrected chi connectivity index (χ4v) is 0. The zero-order chi connectivity index (χ0) is 2.00. The predicted octanol–water partition coefficient (Wildman–Crippen LogP) is -3.01. The summed E-state index contributed by atoms with van der Waals surface area (Å²) < 4.78 is 8.00. The van der Waals surface area contributed by atoms with E-state index in [1.165, 1.54) is 0 Å². The Bertz CT molecular complexity index is 15.5. The number of rotatable bonds is 0. The van der Waals surface area contributed by atoms with E-state index in [-0.39, 0.29) is 53.8 Å². The molecule has 5 heavy (non-hydrogen) atoms. The number of hydrogen-bond donors (Lipinski definition) is 0. The molecule has 0 heterocycles. The summed E-state index contributed by atoms with van der Waals surface area (Å²) in [6.07, 6.45) is 0. The molecule has 0 N–H and O–H groups in total. The van der Waals surface area contributed by atoms with Crippen molar-refractivity contribution in [2.75, 3.05) is 0 Å². The summed E-state index contributed by atoms with van der Waals surface area (Å²) in [5.74, 6) is 0. The second kappa shape index (κ2) is 38.7. The van der Waals surface area contributed by atoms with Crippen molar-refractivity contribution >= 4 is 0 Å². The Labute approximate surface area is 73.1 Å². The Balaban J connectivity index is -0.000000000833. The van der Waals surface area contributed by atoms with Crippen molar-refractivity contribution in [3.05, 3.63) is 0 Å². The molecule has 33 valence electrons. The van der Waals surface area contributed by atoms with Gasteiger partial charge in [-0.2, -0.15) is 0 Å². The Hall–Kier alpha value is 1.93. The Kier molecular flexibility index (Phi) is 220. The van der Waals surface area contributed by atoms with Crippen LogP contribution < -0.4 is 18.9 Å². The van der Waals surface area contributed by atoms with Crippen LogP contribution in [0.2, 0.25) is 0 Å². The third-order valence-electron chi connectivity index (χ3n) is 0. The summed E-state index contributed by atoms with van der Waals surface area (Å²) in [5, 5.41) is 0. The molecule has 0 aromatic carbocycles. The first-order valence-electron chi connectivity index (χ1n) is 0.144. The van der Waals surface area contributed by atoms with Crippen LogP contribution in [0.5, 0.6) is 0 Å². The Morgan fingerprint density at radius 2 is 1.40 bits per heavy atom. The van der Waals surface area contributed by atoms with Crippen LogP contribution in [0.4, 0.5) is 0 Å². The molecule has 0 aliphatic carbocycles. The van der Waals surface area contributed by atoms with Gasteiger partial charge in [0.25, 0.3) is 0 Å². The first-order valence-corrected chi connectivity index (χ1v) is 0.595. The molecule has 0 aromatic rings. The van der Waals surface area contributed by atoms with Crippen LogP contribution >= 0.6 is 0 Å². The van der Waals surface area contributed by atoms with Crippen LogP contribution in [-0.4, -0.2) is 0 Å². The average Bonchev–Trinajstić information content (AvgIpc) is 1.00. The quantitative estimate of drug-likeness (QED) is 0.375. The van der Waals surface area contributed by atoms with E-state index in [9.17, 15) is 0 Å². The molecular formula is HFeLiMnNiO. The minimum atomic E-state index is 0. The topological polar surface area (TPSA) is 17.1 Å². The molecule has 0 unspecified atom stereocenters. The fraction of sp³-hybridized carbons (Fsp3) is 0. The minimum absolute atomic E-state index is 0. The van der Waals surface area contributed by atoms with E-state index in [4.69, 9.17) is 3.83 Å². The van der Waals surface area contributed by atoms with E-state index >= 15 is 0 Å². The van der Waals surface area contributed by atoms with Gasteiger partial charge < -0.3 is 1.43 Å². The first kappa shape index (κ1) is 28.4. The molecule has 0 aliphatic heterocycles. The first-order chi connectivity index (χ1) is 1.00. The van der Waals surface area contributed by atoms with Gasteiger partial charge in [0, 0.05) is 33.6 Å². The maximum atomic E-state index is 8.00. The molecule has 0 aromatic heterocycles. The summed E-state index contributed by atoms with van der Waals surface area (Å²) in [6, 6.07) is 0. The number of hydrogen-bond acceptors (Lipinski definition) is 1. The molecule has 1 nitrogen and oxygen atoms in total. The molecule has 1 radical (unpaired) electrons. The predicted molar refractivity (Wildman–Crippen MR) is 1.80 cm³/mol. The summed E-state index contributed by atoms with van der Waals surface area (Å²) in [6.45, 7) is 0. The van der Waals surface area contributed by atoms with Crippen molar-refractivity contribution in [2.24, 2.45) is 0 Å². The van der Waals surface area contributed by atoms with Crippen molar-refractivity contribution < 1.29 is 73.6 Å². The fourth-order valence-electron chi connectivity index (χ4n) is 0. The van der Waals surface area contributed by atoms with E-state index in [0.717, 1.165) is 0 Å². The van der Waals surface area contributed by atoms with Gasteiger partial charge in [-0.05, 0) is 0 Å². The van der Waals surface area contributed by atoms with Crippen LogP contribution in [0.15, 0.2) is 0 Å². The Morgan fingerprint density at radius 1 is 1.40 bits per heavy atom. The summed E-state index contributed by atoms with van der Waals surface area (Å²) in [7, 11) is 0. The molecule has 0 aliphatic rings. The molecular weight excluding hydrogens is 192 g/mol. The van der Waals surface area contributed by atoms with Gasteiger partial charge in [-0.1, -0.05) is 0 Å². The Morgan fingerprint density at radius 3 is 1.40 bits per heavy atom. The zero-order valence-electron chi connectivity index (χ0n) is 3.46. The standard InChI is InChI=1S/Fe.Li.Mn.Ni.O.H/q;+1;;;;-1. The monoisotopic (exact) mass is 193 g/mol. The van der Waals surface area contributed by atoms with Crippen molar-refractivity contribution in [1.82, 2.24) is 0 Å². The van der Waals surface area contributed by atoms with E-state index < -0.39 is 0 Å². The van der Waals surface area contributed by atoms with Gasteiger partial charge in [0.15, 0.2) is 0 Å². The van der Waals surface area contributed by atoms with Crippen LogP contribution in [0.3, 0.4) is 0 Å². The van der Waals surface area contributed by atoms with Crippen LogP contribution in [-0.2, 0) is 53.3 Å². The van der Waals surface area contributed by atoms with Gasteiger partial charge in [-0.25, -0.2) is 0 Å². The third-order valence-corrected chi connectivity index (χ3v) is 0. The van der Waals surface area contributed by atoms with Crippen LogP contribution in [0, 0.1) is 0 Å². The van der Waals surface area contributed by atoms with Crippen molar-refractivity contribution in [1.29, 1.82) is 0 Å². The van der Waals surface area contributed by atoms with E-state index in [0.29, 0.717) is 0 Å². The van der Waals surface area contributed by atoms with Gasteiger partial charge >= 0.3 is 38.6 Å². The molecule has 0 saturated heterocycles. The van der Waals surface area contributed by atoms with E-state index in [2.05, 4.69) is 0 Å². The molecule has 5 heteroatoms. The van der Waals surface area contributed by atoms with Crippen LogP contribution in [0.1, 0.15) is 1.43 Å². The van der Waals surface area contributed by atoms with Gasteiger partial charge in [-0.15, -0.1) is 0 Å². The van der Waals surface area contributed by atoms with E-state index in [1.807, 2.05) is 15.9 Å². The molecule has 0 amide bonds. The summed E-state index contributed by atoms with van der Waals surface area (Å²) >= 11 is 2.00. The molecule has 0 atom stereocenters. The van der Waals surface area contributed by atoms with Gasteiger partial charge in [0.05, 0.1) is 0 Å². The molecule has 0 bridgehead atoms. The van der Waals surface area contributed by atoms with Crippen molar-refractivity contribution in [3.8, 4) is 0 Å². The normalized spacial score (nSPS) is 1.00. The molecule has 0 saturated carbocycles. The van der Waals surface area contributed by atoms with Crippen molar-refractivity contribution in [2.45, 2.75) is 0 Å².